The summed E-state index contributed by atoms with van der Waals surface area (Å²) >= 11 is 0. The highest BCUT2D eigenvalue weighted by Crippen LogP contribution is 2.42. The van der Waals surface area contributed by atoms with Crippen molar-refractivity contribution in [3.63, 3.8) is 0 Å². The molecule has 0 atom stereocenters. The smallest absolute Gasteiger partial charge is 0.172 e. The van der Waals surface area contributed by atoms with E-state index in [-0.39, 0.29) is 5.41 Å². The van der Waals surface area contributed by atoms with Gasteiger partial charge in [-0.15, -0.1) is 0 Å². The molecule has 3 rings (SSSR count). The van der Waals surface area contributed by atoms with E-state index in [2.05, 4.69) is 13.0 Å². The lowest BCUT2D eigenvalue weighted by atomic mass is 9.80. The van der Waals surface area contributed by atoms with E-state index in [4.69, 9.17) is 4.74 Å². The van der Waals surface area contributed by atoms with Crippen LogP contribution in [0.3, 0.4) is 0 Å². The molecule has 0 spiro atoms. The van der Waals surface area contributed by atoms with Crippen LogP contribution in [0.2, 0.25) is 0 Å². The molecule has 1 fully saturated rings. The van der Waals surface area contributed by atoms with Crippen molar-refractivity contribution >= 4 is 5.78 Å². The highest BCUT2D eigenvalue weighted by Gasteiger charge is 2.38. The maximum absolute atomic E-state index is 12.8. The lowest BCUT2D eigenvalue weighted by molar-refractivity contribution is 0.0818. The number of para-hydroxylation sites is 1. The first-order valence-corrected chi connectivity index (χ1v) is 7.00. The Labute approximate surface area is 108 Å². The predicted molar refractivity (Wildman–Crippen MR) is 71.2 cm³/mol. The molecule has 96 valence electrons. The van der Waals surface area contributed by atoms with Crippen LogP contribution in [0.4, 0.5) is 0 Å². The second-order valence-electron chi connectivity index (χ2n) is 5.84. The van der Waals surface area contributed by atoms with Crippen LogP contribution in [0.5, 0.6) is 5.75 Å². The second-order valence-corrected chi connectivity index (χ2v) is 5.84. The standard InChI is InChI=1S/C16H20O2/c1-16(9-2-3-10-16)15(17)13-8-4-6-12-7-5-11-18-14(12)13/h4,6,8H,2-3,5,7,9-11H2,1H3. The van der Waals surface area contributed by atoms with Gasteiger partial charge in [0.15, 0.2) is 5.78 Å². The fraction of sp³-hybridized carbons (Fsp3) is 0.562. The monoisotopic (exact) mass is 244 g/mol. The first-order chi connectivity index (χ1) is 8.71. The molecule has 1 aromatic rings. The quantitative estimate of drug-likeness (QED) is 0.740. The molecule has 2 heteroatoms. The summed E-state index contributed by atoms with van der Waals surface area (Å²) in [5.41, 5.74) is 1.86. The zero-order chi connectivity index (χ0) is 12.6. The molecule has 0 aromatic heterocycles. The van der Waals surface area contributed by atoms with Crippen molar-refractivity contribution in [2.45, 2.75) is 45.4 Å². The lowest BCUT2D eigenvalue weighted by Gasteiger charge is -2.25. The number of ether oxygens (including phenoxy) is 1. The zero-order valence-electron chi connectivity index (χ0n) is 11.0. The molecule has 2 nitrogen and oxygen atoms in total. The van der Waals surface area contributed by atoms with E-state index in [9.17, 15) is 4.79 Å². The van der Waals surface area contributed by atoms with Gasteiger partial charge in [0.2, 0.25) is 0 Å². The summed E-state index contributed by atoms with van der Waals surface area (Å²) in [5.74, 6) is 1.15. The van der Waals surface area contributed by atoms with Crippen LogP contribution < -0.4 is 4.74 Å². The van der Waals surface area contributed by atoms with Crippen molar-refractivity contribution in [2.24, 2.45) is 5.41 Å². The fourth-order valence-electron chi connectivity index (χ4n) is 3.28. The molecule has 1 aliphatic carbocycles. The minimum Gasteiger partial charge on any atom is -0.493 e. The molecular formula is C16H20O2. The van der Waals surface area contributed by atoms with Crippen molar-refractivity contribution in [2.75, 3.05) is 6.61 Å². The molecule has 1 aromatic carbocycles. The van der Waals surface area contributed by atoms with Gasteiger partial charge in [0.25, 0.3) is 0 Å². The summed E-state index contributed by atoms with van der Waals surface area (Å²) in [6, 6.07) is 6.03. The molecule has 2 aliphatic rings. The molecule has 1 saturated carbocycles. The zero-order valence-corrected chi connectivity index (χ0v) is 11.0. The summed E-state index contributed by atoms with van der Waals surface area (Å²) in [7, 11) is 0. The largest absolute Gasteiger partial charge is 0.493 e. The summed E-state index contributed by atoms with van der Waals surface area (Å²) in [6.07, 6.45) is 6.50. The van der Waals surface area contributed by atoms with Crippen LogP contribution in [-0.4, -0.2) is 12.4 Å². The van der Waals surface area contributed by atoms with Crippen LogP contribution in [0.15, 0.2) is 18.2 Å². The van der Waals surface area contributed by atoms with Crippen molar-refractivity contribution in [3.05, 3.63) is 29.3 Å². The highest BCUT2D eigenvalue weighted by molar-refractivity contribution is 6.03. The molecule has 0 radical (unpaired) electrons. The number of carbonyl (C=O) groups excluding carboxylic acids is 1. The van der Waals surface area contributed by atoms with E-state index < -0.39 is 0 Å². The number of ketones is 1. The molecule has 0 unspecified atom stereocenters. The second kappa shape index (κ2) is 4.42. The van der Waals surface area contributed by atoms with E-state index in [1.807, 2.05) is 12.1 Å². The van der Waals surface area contributed by atoms with Crippen molar-refractivity contribution in [1.82, 2.24) is 0 Å². The van der Waals surface area contributed by atoms with E-state index in [1.54, 1.807) is 0 Å². The van der Waals surface area contributed by atoms with Crippen LogP contribution in [0.1, 0.15) is 54.9 Å². The number of hydrogen-bond donors (Lipinski definition) is 0. The molecular weight excluding hydrogens is 224 g/mol. The number of aryl methyl sites for hydroxylation is 1. The molecule has 0 amide bonds. The van der Waals surface area contributed by atoms with Gasteiger partial charge in [0.05, 0.1) is 12.2 Å². The van der Waals surface area contributed by atoms with Crippen molar-refractivity contribution in [1.29, 1.82) is 0 Å². The first-order valence-electron chi connectivity index (χ1n) is 7.00. The van der Waals surface area contributed by atoms with E-state index >= 15 is 0 Å². The molecule has 0 saturated heterocycles. The first kappa shape index (κ1) is 11.8. The van der Waals surface area contributed by atoms with Crippen LogP contribution >= 0.6 is 0 Å². The molecule has 1 heterocycles. The molecule has 0 bridgehead atoms. The van der Waals surface area contributed by atoms with Gasteiger partial charge in [-0.05, 0) is 37.3 Å². The van der Waals surface area contributed by atoms with Gasteiger partial charge in [-0.2, -0.15) is 0 Å². The summed E-state index contributed by atoms with van der Waals surface area (Å²) in [5, 5.41) is 0. The average molecular weight is 244 g/mol. The summed E-state index contributed by atoms with van der Waals surface area (Å²) < 4.78 is 5.76. The number of Topliss-reactive ketones (excluding diaryl/α,β-unsaturated/α-hetero) is 1. The third-order valence-electron chi connectivity index (χ3n) is 4.43. The maximum Gasteiger partial charge on any atom is 0.172 e. The van der Waals surface area contributed by atoms with Gasteiger partial charge < -0.3 is 4.74 Å². The van der Waals surface area contributed by atoms with E-state index in [0.717, 1.165) is 43.6 Å². The van der Waals surface area contributed by atoms with Crippen LogP contribution in [0, 0.1) is 5.41 Å². The topological polar surface area (TPSA) is 26.3 Å². The number of fused-ring (bicyclic) bond motifs is 1. The minimum atomic E-state index is -0.157. The van der Waals surface area contributed by atoms with Crippen LogP contribution in [-0.2, 0) is 6.42 Å². The number of rotatable bonds is 2. The average Bonchev–Trinajstić information content (AvgIpc) is 2.85. The van der Waals surface area contributed by atoms with E-state index in [0.29, 0.717) is 5.78 Å². The van der Waals surface area contributed by atoms with Gasteiger partial charge in [-0.3, -0.25) is 4.79 Å². The highest BCUT2D eigenvalue weighted by atomic mass is 16.5. The lowest BCUT2D eigenvalue weighted by Crippen LogP contribution is -2.26. The number of hydrogen-bond acceptors (Lipinski definition) is 2. The van der Waals surface area contributed by atoms with Gasteiger partial charge in [-0.1, -0.05) is 31.9 Å². The Hall–Kier alpha value is -1.31. The Kier molecular flexibility index (Phi) is 2.89. The van der Waals surface area contributed by atoms with Gasteiger partial charge in [0.1, 0.15) is 5.75 Å². The Balaban J connectivity index is 1.99. The van der Waals surface area contributed by atoms with Crippen molar-refractivity contribution < 1.29 is 9.53 Å². The molecule has 0 N–H and O–H groups in total. The summed E-state index contributed by atoms with van der Waals surface area (Å²) in [6.45, 7) is 2.86. The SMILES string of the molecule is CC1(C(=O)c2cccc3c2OCCC3)CCCC1. The van der Waals surface area contributed by atoms with Gasteiger partial charge in [0, 0.05) is 5.41 Å². The van der Waals surface area contributed by atoms with E-state index in [1.165, 1.54) is 18.4 Å². The van der Waals surface area contributed by atoms with Gasteiger partial charge in [-0.25, -0.2) is 0 Å². The maximum atomic E-state index is 12.8. The van der Waals surface area contributed by atoms with Crippen LogP contribution in [0.25, 0.3) is 0 Å². The normalized spacial score (nSPS) is 21.2. The minimum absolute atomic E-state index is 0.157. The Morgan fingerprint density at radius 2 is 2.00 bits per heavy atom. The van der Waals surface area contributed by atoms with Crippen molar-refractivity contribution in [3.8, 4) is 5.75 Å². The Morgan fingerprint density at radius 3 is 2.78 bits per heavy atom. The molecule has 18 heavy (non-hydrogen) atoms. The third-order valence-corrected chi connectivity index (χ3v) is 4.43. The number of benzene rings is 1. The predicted octanol–water partition coefficient (Wildman–Crippen LogP) is 3.77. The van der Waals surface area contributed by atoms with Gasteiger partial charge >= 0.3 is 0 Å². The fourth-order valence-corrected chi connectivity index (χ4v) is 3.28. The Bertz CT molecular complexity index is 470. The Morgan fingerprint density at radius 1 is 1.22 bits per heavy atom. The molecule has 1 aliphatic heterocycles. The summed E-state index contributed by atoms with van der Waals surface area (Å²) in [4.78, 5) is 12.8. The number of carbonyl (C=O) groups is 1. The third kappa shape index (κ3) is 1.84.